The minimum atomic E-state index is -0.476. The summed E-state index contributed by atoms with van der Waals surface area (Å²) in [4.78, 5) is 24.5. The van der Waals surface area contributed by atoms with Gasteiger partial charge in [-0.2, -0.15) is 0 Å². The van der Waals surface area contributed by atoms with E-state index in [2.05, 4.69) is 5.32 Å². The molecule has 0 saturated carbocycles. The average molecular weight is 297 g/mol. The number of β-amino-alcohol motifs (C(OH)–C–C–N with tert-alkyl or cyclic N) is 1. The molecule has 1 aromatic carbocycles. The van der Waals surface area contributed by atoms with Crippen molar-refractivity contribution in [2.75, 3.05) is 25.6 Å². The Morgan fingerprint density at radius 1 is 1.40 bits per heavy atom. The summed E-state index contributed by atoms with van der Waals surface area (Å²) >= 11 is 5.98. The zero-order valence-corrected chi connectivity index (χ0v) is 11.5. The van der Waals surface area contributed by atoms with Crippen molar-refractivity contribution in [1.29, 1.82) is 0 Å². The zero-order valence-electron chi connectivity index (χ0n) is 10.7. The molecule has 0 aliphatic carbocycles. The van der Waals surface area contributed by atoms with Crippen LogP contribution in [0.15, 0.2) is 30.0 Å². The minimum absolute atomic E-state index is 0.0251. The number of hydrogen-bond donors (Lipinski definition) is 2. The van der Waals surface area contributed by atoms with Crippen molar-refractivity contribution in [3.05, 3.63) is 35.0 Å². The van der Waals surface area contributed by atoms with Crippen LogP contribution in [0.3, 0.4) is 0 Å². The first-order valence-electron chi connectivity index (χ1n) is 5.85. The molecule has 0 aromatic heterocycles. The normalized spacial score (nSPS) is 14.6. The van der Waals surface area contributed by atoms with E-state index in [-0.39, 0.29) is 18.8 Å². The fourth-order valence-corrected chi connectivity index (χ4v) is 2.07. The Balaban J connectivity index is 2.15. The van der Waals surface area contributed by atoms with Crippen LogP contribution in [0.1, 0.15) is 0 Å². The highest BCUT2D eigenvalue weighted by Gasteiger charge is 2.30. The predicted molar refractivity (Wildman–Crippen MR) is 73.5 cm³/mol. The molecule has 2 rings (SSSR count). The number of benzene rings is 1. The Hall–Kier alpha value is -2.05. The van der Waals surface area contributed by atoms with Gasteiger partial charge in [-0.25, -0.2) is 0 Å². The third-order valence-corrected chi connectivity index (χ3v) is 3.06. The maximum Gasteiger partial charge on any atom is 0.277 e. The second-order valence-electron chi connectivity index (χ2n) is 4.05. The van der Waals surface area contributed by atoms with Crippen LogP contribution < -0.4 is 10.1 Å². The monoisotopic (exact) mass is 296 g/mol. The van der Waals surface area contributed by atoms with Crippen LogP contribution in [0.4, 0.5) is 5.69 Å². The molecule has 1 aliphatic rings. The van der Waals surface area contributed by atoms with Gasteiger partial charge < -0.3 is 15.2 Å². The first kappa shape index (κ1) is 14.4. The van der Waals surface area contributed by atoms with Gasteiger partial charge in [0, 0.05) is 11.8 Å². The number of nitrogens with one attached hydrogen (secondary N) is 1. The van der Waals surface area contributed by atoms with Crippen LogP contribution in [0.25, 0.3) is 0 Å². The van der Waals surface area contributed by atoms with Crippen LogP contribution in [0.2, 0.25) is 5.02 Å². The number of nitrogens with zero attached hydrogens (tertiary/aromatic N) is 1. The van der Waals surface area contributed by atoms with Gasteiger partial charge in [-0.05, 0) is 18.2 Å². The molecule has 1 aliphatic heterocycles. The molecule has 1 heterocycles. The number of hydrogen-bond acceptors (Lipinski definition) is 5. The number of carbonyl (C=O) groups is 2. The van der Waals surface area contributed by atoms with E-state index >= 15 is 0 Å². The van der Waals surface area contributed by atoms with E-state index in [9.17, 15) is 9.59 Å². The number of anilines is 1. The van der Waals surface area contributed by atoms with Crippen molar-refractivity contribution in [3.63, 3.8) is 0 Å². The fourth-order valence-electron chi connectivity index (χ4n) is 1.81. The molecule has 0 spiro atoms. The SMILES string of the molecule is COc1ccc(NC2=CC(=O)N(CCO)C2=O)cc1Cl. The molecule has 2 amide bonds. The molecule has 6 nitrogen and oxygen atoms in total. The molecule has 106 valence electrons. The van der Waals surface area contributed by atoms with Crippen molar-refractivity contribution >= 4 is 29.1 Å². The van der Waals surface area contributed by atoms with Gasteiger partial charge in [0.25, 0.3) is 11.8 Å². The molecule has 1 aromatic rings. The molecule has 0 fully saturated rings. The van der Waals surface area contributed by atoms with Gasteiger partial charge in [-0.3, -0.25) is 14.5 Å². The van der Waals surface area contributed by atoms with E-state index in [1.807, 2.05) is 0 Å². The molecule has 0 unspecified atom stereocenters. The second kappa shape index (κ2) is 5.94. The number of aliphatic hydroxyl groups excluding tert-OH is 1. The Morgan fingerprint density at radius 2 is 2.15 bits per heavy atom. The number of carbonyl (C=O) groups excluding carboxylic acids is 2. The van der Waals surface area contributed by atoms with Crippen molar-refractivity contribution in [2.45, 2.75) is 0 Å². The van der Waals surface area contributed by atoms with Crippen LogP contribution in [0, 0.1) is 0 Å². The lowest BCUT2D eigenvalue weighted by molar-refractivity contribution is -0.137. The molecule has 0 radical (unpaired) electrons. The maximum absolute atomic E-state index is 11.9. The standard InChI is InChI=1S/C13H13ClN2O4/c1-20-11-3-2-8(6-9(11)14)15-10-7-12(18)16(4-5-17)13(10)19/h2-3,6-7,15,17H,4-5H2,1H3. The third-order valence-electron chi connectivity index (χ3n) is 2.76. The summed E-state index contributed by atoms with van der Waals surface area (Å²) < 4.78 is 5.03. The lowest BCUT2D eigenvalue weighted by atomic mass is 10.3. The summed E-state index contributed by atoms with van der Waals surface area (Å²) in [5.74, 6) is -0.413. The summed E-state index contributed by atoms with van der Waals surface area (Å²) in [6.07, 6.45) is 1.19. The molecule has 0 saturated heterocycles. The first-order valence-corrected chi connectivity index (χ1v) is 6.23. The van der Waals surface area contributed by atoms with Gasteiger partial charge in [0.15, 0.2) is 0 Å². The van der Waals surface area contributed by atoms with E-state index in [0.29, 0.717) is 16.5 Å². The van der Waals surface area contributed by atoms with Crippen molar-refractivity contribution < 1.29 is 19.4 Å². The van der Waals surface area contributed by atoms with Crippen LogP contribution in [-0.2, 0) is 9.59 Å². The molecule has 20 heavy (non-hydrogen) atoms. The molecule has 0 bridgehead atoms. The van der Waals surface area contributed by atoms with Crippen LogP contribution >= 0.6 is 11.6 Å². The Labute approximate surface area is 120 Å². The van der Waals surface area contributed by atoms with Gasteiger partial charge in [-0.1, -0.05) is 11.6 Å². The minimum Gasteiger partial charge on any atom is -0.495 e. The molecular formula is C13H13ClN2O4. The average Bonchev–Trinajstić information content (AvgIpc) is 2.67. The van der Waals surface area contributed by atoms with E-state index in [0.717, 1.165) is 4.90 Å². The number of rotatable bonds is 5. The summed E-state index contributed by atoms with van der Waals surface area (Å²) in [5.41, 5.74) is 0.707. The van der Waals surface area contributed by atoms with Gasteiger partial charge in [0.2, 0.25) is 0 Å². The Bertz CT molecular complexity index is 586. The van der Waals surface area contributed by atoms with E-state index in [4.69, 9.17) is 21.4 Å². The number of ether oxygens (including phenoxy) is 1. The fraction of sp³-hybridized carbons (Fsp3) is 0.231. The molecule has 2 N–H and O–H groups in total. The van der Waals surface area contributed by atoms with Crippen molar-refractivity contribution in [1.82, 2.24) is 4.90 Å². The highest BCUT2D eigenvalue weighted by molar-refractivity contribution is 6.32. The van der Waals surface area contributed by atoms with Crippen LogP contribution in [0.5, 0.6) is 5.75 Å². The smallest absolute Gasteiger partial charge is 0.277 e. The topological polar surface area (TPSA) is 78.9 Å². The van der Waals surface area contributed by atoms with Crippen molar-refractivity contribution in [2.24, 2.45) is 0 Å². The first-order chi connectivity index (χ1) is 9.56. The number of amides is 2. The lowest BCUT2D eigenvalue weighted by Crippen LogP contribution is -2.34. The highest BCUT2D eigenvalue weighted by atomic mass is 35.5. The summed E-state index contributed by atoms with van der Waals surface area (Å²) in [7, 11) is 1.50. The van der Waals surface area contributed by atoms with Gasteiger partial charge >= 0.3 is 0 Å². The highest BCUT2D eigenvalue weighted by Crippen LogP contribution is 2.28. The number of imide groups is 1. The van der Waals surface area contributed by atoms with Crippen molar-refractivity contribution in [3.8, 4) is 5.75 Å². The number of methoxy groups -OCH3 is 1. The van der Waals surface area contributed by atoms with E-state index in [1.54, 1.807) is 18.2 Å². The van der Waals surface area contributed by atoms with Gasteiger partial charge in [0.1, 0.15) is 11.4 Å². The number of aliphatic hydroxyl groups is 1. The zero-order chi connectivity index (χ0) is 14.7. The summed E-state index contributed by atoms with van der Waals surface area (Å²) in [6, 6.07) is 4.92. The predicted octanol–water partition coefficient (Wildman–Crippen LogP) is 1.01. The van der Waals surface area contributed by atoms with E-state index in [1.165, 1.54) is 13.2 Å². The Kier molecular flexibility index (Phi) is 4.26. The summed E-state index contributed by atoms with van der Waals surface area (Å²) in [5, 5.41) is 12.0. The summed E-state index contributed by atoms with van der Waals surface area (Å²) in [6.45, 7) is -0.296. The lowest BCUT2D eigenvalue weighted by Gasteiger charge is -2.13. The van der Waals surface area contributed by atoms with Gasteiger partial charge in [0.05, 0.1) is 25.3 Å². The maximum atomic E-state index is 11.9. The quantitative estimate of drug-likeness (QED) is 0.793. The molecule has 0 atom stereocenters. The largest absolute Gasteiger partial charge is 0.495 e. The van der Waals surface area contributed by atoms with Gasteiger partial charge in [-0.15, -0.1) is 0 Å². The third kappa shape index (κ3) is 2.76. The Morgan fingerprint density at radius 3 is 2.75 bits per heavy atom. The number of halogens is 1. The van der Waals surface area contributed by atoms with Crippen LogP contribution in [-0.4, -0.2) is 42.1 Å². The molecular weight excluding hydrogens is 284 g/mol. The second-order valence-corrected chi connectivity index (χ2v) is 4.46. The van der Waals surface area contributed by atoms with E-state index < -0.39 is 11.8 Å². The molecule has 7 heteroatoms.